The number of nitrogens with one attached hydrogen (secondary N) is 2. The van der Waals surface area contributed by atoms with Crippen molar-refractivity contribution in [1.82, 2.24) is 15.3 Å². The number of aromatic amines is 1. The smallest absolute Gasteiger partial charge is 0.329 e. The minimum atomic E-state index is -1.26. The molecule has 2 aromatic rings. The number of hydrogen-bond acceptors (Lipinski definition) is 3. The number of aromatic nitrogens is 2. The molecule has 0 fully saturated rings. The molecule has 3 N–H and O–H groups in total. The number of imidazole rings is 1. The van der Waals surface area contributed by atoms with Crippen LogP contribution in [0, 0.1) is 0 Å². The fourth-order valence-corrected chi connectivity index (χ4v) is 2.12. The number of carboxylic acid groups (broad SMARTS) is 1. The maximum absolute atomic E-state index is 12.2. The molecule has 106 valence electrons. The first kappa shape index (κ1) is 14.0. The average molecular weight is 275 g/mol. The lowest BCUT2D eigenvalue weighted by Gasteiger charge is -2.25. The van der Waals surface area contributed by atoms with Crippen LogP contribution >= 0.6 is 0 Å². The normalized spacial score (nSPS) is 13.9. The van der Waals surface area contributed by atoms with Crippen molar-refractivity contribution in [1.29, 1.82) is 0 Å². The molecule has 0 aliphatic heterocycles. The first-order chi connectivity index (χ1) is 9.46. The topological polar surface area (TPSA) is 95.1 Å². The number of aliphatic carboxylic acids is 1. The van der Waals surface area contributed by atoms with E-state index >= 15 is 0 Å². The molecule has 0 bridgehead atoms. The highest BCUT2D eigenvalue weighted by molar-refractivity contribution is 5.99. The van der Waals surface area contributed by atoms with Crippen LogP contribution in [0.15, 0.2) is 24.5 Å². The van der Waals surface area contributed by atoms with Gasteiger partial charge >= 0.3 is 5.97 Å². The third kappa shape index (κ3) is 2.64. The van der Waals surface area contributed by atoms with Gasteiger partial charge in [0.05, 0.1) is 17.4 Å². The Bertz CT molecular complexity index is 650. The monoisotopic (exact) mass is 275 g/mol. The molecule has 1 heterocycles. The fourth-order valence-electron chi connectivity index (χ4n) is 2.12. The number of hydrogen-bond donors (Lipinski definition) is 3. The fraction of sp³-hybridized carbons (Fsp3) is 0.357. The molecule has 1 unspecified atom stereocenters. The molecule has 0 saturated heterocycles. The van der Waals surface area contributed by atoms with E-state index < -0.39 is 17.4 Å². The molecule has 0 saturated carbocycles. The van der Waals surface area contributed by atoms with Gasteiger partial charge < -0.3 is 15.4 Å². The Kier molecular flexibility index (Phi) is 3.74. The highest BCUT2D eigenvalue weighted by atomic mass is 16.4. The Hall–Kier alpha value is -2.37. The molecule has 0 spiro atoms. The van der Waals surface area contributed by atoms with E-state index in [4.69, 9.17) is 0 Å². The second-order valence-corrected chi connectivity index (χ2v) is 4.98. The maximum Gasteiger partial charge on any atom is 0.329 e. The molecule has 0 aliphatic rings. The summed E-state index contributed by atoms with van der Waals surface area (Å²) in [6.07, 6.45) is 2.59. The number of nitrogens with zero attached hydrogens (tertiary/aromatic N) is 1. The lowest BCUT2D eigenvalue weighted by Crippen LogP contribution is -2.52. The zero-order chi connectivity index (χ0) is 14.8. The van der Waals surface area contributed by atoms with Crippen LogP contribution in [0.3, 0.4) is 0 Å². The van der Waals surface area contributed by atoms with Gasteiger partial charge in [-0.3, -0.25) is 4.79 Å². The number of fused-ring (bicyclic) bond motifs is 1. The molecule has 6 nitrogen and oxygen atoms in total. The summed E-state index contributed by atoms with van der Waals surface area (Å²) < 4.78 is 0. The molecule has 1 atom stereocenters. The SMILES string of the molecule is CCCC(C)(NC(=O)c1ccc2nc[nH]c2c1)C(=O)O. The Morgan fingerprint density at radius 3 is 2.85 bits per heavy atom. The summed E-state index contributed by atoms with van der Waals surface area (Å²) in [6, 6.07) is 5.01. The van der Waals surface area contributed by atoms with Crippen LogP contribution in [-0.4, -0.2) is 32.5 Å². The largest absolute Gasteiger partial charge is 0.480 e. The van der Waals surface area contributed by atoms with Crippen molar-refractivity contribution in [2.75, 3.05) is 0 Å². The number of H-pyrrole nitrogens is 1. The number of carbonyl (C=O) groups excluding carboxylic acids is 1. The van der Waals surface area contributed by atoms with Gasteiger partial charge in [0.1, 0.15) is 5.54 Å². The van der Waals surface area contributed by atoms with Crippen molar-refractivity contribution in [2.24, 2.45) is 0 Å². The van der Waals surface area contributed by atoms with Gasteiger partial charge in [0.25, 0.3) is 5.91 Å². The highest BCUT2D eigenvalue weighted by Gasteiger charge is 2.34. The molecule has 20 heavy (non-hydrogen) atoms. The number of carboxylic acids is 1. The predicted molar refractivity (Wildman–Crippen MR) is 74.5 cm³/mol. The predicted octanol–water partition coefficient (Wildman–Crippen LogP) is 1.94. The quantitative estimate of drug-likeness (QED) is 0.777. The number of benzene rings is 1. The van der Waals surface area contributed by atoms with Gasteiger partial charge in [-0.1, -0.05) is 13.3 Å². The van der Waals surface area contributed by atoms with E-state index in [9.17, 15) is 14.7 Å². The van der Waals surface area contributed by atoms with Gasteiger partial charge in [0.15, 0.2) is 0 Å². The Labute approximate surface area is 116 Å². The highest BCUT2D eigenvalue weighted by Crippen LogP contribution is 2.16. The molecule has 1 amide bonds. The summed E-state index contributed by atoms with van der Waals surface area (Å²) in [5.41, 5.74) is 0.654. The van der Waals surface area contributed by atoms with E-state index in [1.807, 2.05) is 6.92 Å². The summed E-state index contributed by atoms with van der Waals surface area (Å²) >= 11 is 0. The van der Waals surface area contributed by atoms with Crippen LogP contribution in [0.1, 0.15) is 37.0 Å². The van der Waals surface area contributed by atoms with E-state index in [0.717, 1.165) is 11.0 Å². The summed E-state index contributed by atoms with van der Waals surface area (Å²) in [5, 5.41) is 11.9. The number of amides is 1. The third-order valence-electron chi connectivity index (χ3n) is 3.29. The number of carbonyl (C=O) groups is 2. The second kappa shape index (κ2) is 5.32. The summed E-state index contributed by atoms with van der Waals surface area (Å²) in [5.74, 6) is -1.44. The maximum atomic E-state index is 12.2. The lowest BCUT2D eigenvalue weighted by molar-refractivity contribution is -0.144. The molecule has 0 radical (unpaired) electrons. The van der Waals surface area contributed by atoms with Crippen molar-refractivity contribution >= 4 is 22.9 Å². The van der Waals surface area contributed by atoms with Gasteiger partial charge in [-0.2, -0.15) is 0 Å². The van der Waals surface area contributed by atoms with Gasteiger partial charge in [0, 0.05) is 5.56 Å². The van der Waals surface area contributed by atoms with Crippen molar-refractivity contribution in [3.8, 4) is 0 Å². The van der Waals surface area contributed by atoms with Gasteiger partial charge in [-0.15, -0.1) is 0 Å². The van der Waals surface area contributed by atoms with E-state index in [-0.39, 0.29) is 0 Å². The Balaban J connectivity index is 2.23. The van der Waals surface area contributed by atoms with Gasteiger partial charge in [0.2, 0.25) is 0 Å². The standard InChI is InChI=1S/C14H17N3O3/c1-3-6-14(2,13(19)20)17-12(18)9-4-5-10-11(7-9)16-8-15-10/h4-5,7-8H,3,6H2,1-2H3,(H,15,16)(H,17,18)(H,19,20). The van der Waals surface area contributed by atoms with E-state index in [1.54, 1.807) is 24.5 Å². The average Bonchev–Trinajstić information content (AvgIpc) is 2.85. The van der Waals surface area contributed by atoms with Crippen molar-refractivity contribution in [2.45, 2.75) is 32.2 Å². The first-order valence-electron chi connectivity index (χ1n) is 6.45. The van der Waals surface area contributed by atoms with Crippen molar-refractivity contribution in [3.63, 3.8) is 0 Å². The minimum Gasteiger partial charge on any atom is -0.480 e. The second-order valence-electron chi connectivity index (χ2n) is 4.98. The Morgan fingerprint density at radius 1 is 1.45 bits per heavy atom. The third-order valence-corrected chi connectivity index (χ3v) is 3.29. The molecular formula is C14H17N3O3. The van der Waals surface area contributed by atoms with Crippen LogP contribution in [0.5, 0.6) is 0 Å². The van der Waals surface area contributed by atoms with Crippen molar-refractivity contribution in [3.05, 3.63) is 30.1 Å². The summed E-state index contributed by atoms with van der Waals surface area (Å²) in [6.45, 7) is 3.40. The zero-order valence-electron chi connectivity index (χ0n) is 11.4. The van der Waals surface area contributed by atoms with Crippen LogP contribution in [-0.2, 0) is 4.79 Å². The Morgan fingerprint density at radius 2 is 2.20 bits per heavy atom. The summed E-state index contributed by atoms with van der Waals surface area (Å²) in [4.78, 5) is 30.5. The minimum absolute atomic E-state index is 0.375. The molecule has 6 heteroatoms. The molecule has 1 aromatic carbocycles. The van der Waals surface area contributed by atoms with Crippen LogP contribution < -0.4 is 5.32 Å². The number of rotatable bonds is 5. The zero-order valence-corrected chi connectivity index (χ0v) is 11.4. The van der Waals surface area contributed by atoms with E-state index in [2.05, 4.69) is 15.3 Å². The van der Waals surface area contributed by atoms with Crippen LogP contribution in [0.25, 0.3) is 11.0 Å². The van der Waals surface area contributed by atoms with Crippen LogP contribution in [0.4, 0.5) is 0 Å². The lowest BCUT2D eigenvalue weighted by atomic mass is 9.95. The van der Waals surface area contributed by atoms with Gasteiger partial charge in [-0.25, -0.2) is 9.78 Å². The summed E-state index contributed by atoms with van der Waals surface area (Å²) in [7, 11) is 0. The van der Waals surface area contributed by atoms with E-state index in [0.29, 0.717) is 18.4 Å². The molecule has 2 rings (SSSR count). The van der Waals surface area contributed by atoms with Crippen LogP contribution in [0.2, 0.25) is 0 Å². The van der Waals surface area contributed by atoms with Gasteiger partial charge in [-0.05, 0) is 31.5 Å². The van der Waals surface area contributed by atoms with Crippen molar-refractivity contribution < 1.29 is 14.7 Å². The first-order valence-corrected chi connectivity index (χ1v) is 6.45. The molecular weight excluding hydrogens is 258 g/mol. The van der Waals surface area contributed by atoms with E-state index in [1.165, 1.54) is 6.92 Å². The molecule has 0 aliphatic carbocycles. The molecule has 1 aromatic heterocycles.